The summed E-state index contributed by atoms with van der Waals surface area (Å²) < 4.78 is 5.29. The number of halogens is 1. The Morgan fingerprint density at radius 3 is 2.67 bits per heavy atom. The first-order chi connectivity index (χ1) is 5.93. The van der Waals surface area contributed by atoms with Gasteiger partial charge in [0.2, 0.25) is 0 Å². The van der Waals surface area contributed by atoms with Crippen molar-refractivity contribution in [1.29, 1.82) is 0 Å². The van der Waals surface area contributed by atoms with E-state index in [0.717, 1.165) is 17.6 Å². The van der Waals surface area contributed by atoms with E-state index in [0.29, 0.717) is 12.5 Å². The average molecular weight is 209 g/mol. The van der Waals surface area contributed by atoms with E-state index in [1.54, 1.807) is 0 Å². The molecule has 0 atom stereocenters. The summed E-state index contributed by atoms with van der Waals surface area (Å²) in [5.41, 5.74) is 0. The fourth-order valence-corrected chi connectivity index (χ4v) is 2.81. The number of ether oxygens (including phenoxy) is 1. The zero-order valence-corrected chi connectivity index (χ0v) is 9.00. The Morgan fingerprint density at radius 1 is 1.25 bits per heavy atom. The van der Waals surface area contributed by atoms with Crippen molar-refractivity contribution < 1.29 is 4.74 Å². The summed E-state index contributed by atoms with van der Waals surface area (Å²) in [4.78, 5) is 0. The van der Waals surface area contributed by atoms with Crippen LogP contribution < -0.4 is 0 Å². The highest BCUT2D eigenvalue weighted by Gasteiger charge is 2.14. The lowest BCUT2D eigenvalue weighted by Crippen LogP contribution is -2.03. The third kappa shape index (κ3) is 4.58. The standard InChI is InChI=1S/C9H17ClOS/c10-5-6-11-7-8-12-9-3-1-2-4-9/h9H,1-8H2. The Balaban J connectivity index is 1.81. The highest BCUT2D eigenvalue weighted by Crippen LogP contribution is 2.28. The SMILES string of the molecule is ClCCOCCSC1CCCC1. The monoisotopic (exact) mass is 208 g/mol. The molecule has 1 aliphatic rings. The van der Waals surface area contributed by atoms with E-state index >= 15 is 0 Å². The topological polar surface area (TPSA) is 9.23 Å². The third-order valence-corrected chi connectivity index (χ3v) is 3.60. The molecule has 0 aliphatic heterocycles. The fourth-order valence-electron chi connectivity index (χ4n) is 1.49. The van der Waals surface area contributed by atoms with Crippen molar-refractivity contribution in [2.45, 2.75) is 30.9 Å². The van der Waals surface area contributed by atoms with Crippen LogP contribution in [0.1, 0.15) is 25.7 Å². The summed E-state index contributed by atoms with van der Waals surface area (Å²) in [6, 6.07) is 0. The van der Waals surface area contributed by atoms with E-state index in [9.17, 15) is 0 Å². The van der Waals surface area contributed by atoms with Gasteiger partial charge in [-0.05, 0) is 12.8 Å². The van der Waals surface area contributed by atoms with Gasteiger partial charge in [0.1, 0.15) is 0 Å². The molecule has 0 aromatic heterocycles. The molecule has 0 bridgehead atoms. The van der Waals surface area contributed by atoms with Crippen LogP contribution in [-0.2, 0) is 4.74 Å². The Labute approximate surface area is 84.2 Å². The molecule has 12 heavy (non-hydrogen) atoms. The van der Waals surface area contributed by atoms with Gasteiger partial charge in [0.05, 0.1) is 13.2 Å². The highest BCUT2D eigenvalue weighted by molar-refractivity contribution is 7.99. The molecular formula is C9H17ClOS. The van der Waals surface area contributed by atoms with Crippen LogP contribution in [-0.4, -0.2) is 30.1 Å². The van der Waals surface area contributed by atoms with Crippen LogP contribution in [0.4, 0.5) is 0 Å². The van der Waals surface area contributed by atoms with E-state index in [2.05, 4.69) is 11.8 Å². The second-order valence-corrected chi connectivity index (χ2v) is 4.86. The summed E-state index contributed by atoms with van der Waals surface area (Å²) in [5, 5.41) is 0.921. The number of hydrogen-bond donors (Lipinski definition) is 0. The van der Waals surface area contributed by atoms with Crippen LogP contribution in [0.25, 0.3) is 0 Å². The van der Waals surface area contributed by atoms with Gasteiger partial charge in [-0.3, -0.25) is 0 Å². The summed E-state index contributed by atoms with van der Waals surface area (Å²) in [7, 11) is 0. The normalized spacial score (nSPS) is 18.8. The largest absolute Gasteiger partial charge is 0.379 e. The van der Waals surface area contributed by atoms with Crippen molar-refractivity contribution >= 4 is 23.4 Å². The second-order valence-electron chi connectivity index (χ2n) is 3.08. The van der Waals surface area contributed by atoms with E-state index in [1.807, 2.05) is 0 Å². The van der Waals surface area contributed by atoms with Crippen molar-refractivity contribution in [3.63, 3.8) is 0 Å². The average Bonchev–Trinajstić information content (AvgIpc) is 2.57. The van der Waals surface area contributed by atoms with E-state index in [4.69, 9.17) is 16.3 Å². The first kappa shape index (κ1) is 10.7. The number of rotatable bonds is 6. The highest BCUT2D eigenvalue weighted by atomic mass is 35.5. The molecule has 3 heteroatoms. The van der Waals surface area contributed by atoms with Crippen molar-refractivity contribution in [3.05, 3.63) is 0 Å². The summed E-state index contributed by atoms with van der Waals surface area (Å²) in [5.74, 6) is 1.76. The smallest absolute Gasteiger partial charge is 0.0602 e. The maximum Gasteiger partial charge on any atom is 0.0602 e. The lowest BCUT2D eigenvalue weighted by atomic mass is 10.4. The molecule has 1 saturated carbocycles. The van der Waals surface area contributed by atoms with Crippen LogP contribution in [0.2, 0.25) is 0 Å². The lowest BCUT2D eigenvalue weighted by molar-refractivity contribution is 0.166. The van der Waals surface area contributed by atoms with Gasteiger partial charge in [0, 0.05) is 16.9 Å². The maximum atomic E-state index is 5.48. The van der Waals surface area contributed by atoms with Gasteiger partial charge in [0.15, 0.2) is 0 Å². The Bertz CT molecular complexity index is 105. The minimum Gasteiger partial charge on any atom is -0.379 e. The van der Waals surface area contributed by atoms with Crippen LogP contribution in [0, 0.1) is 0 Å². The van der Waals surface area contributed by atoms with Gasteiger partial charge in [-0.15, -0.1) is 11.6 Å². The van der Waals surface area contributed by atoms with Gasteiger partial charge in [-0.2, -0.15) is 11.8 Å². The summed E-state index contributed by atoms with van der Waals surface area (Å²) in [6.45, 7) is 1.57. The molecule has 0 aromatic carbocycles. The quantitative estimate of drug-likeness (QED) is 0.491. The molecule has 0 radical (unpaired) electrons. The predicted octanol–water partition coefficient (Wildman–Crippen LogP) is 2.92. The molecule has 0 aromatic rings. The zero-order valence-electron chi connectivity index (χ0n) is 7.43. The first-order valence-corrected chi connectivity index (χ1v) is 6.27. The molecule has 0 N–H and O–H groups in total. The minimum atomic E-state index is 0.619. The van der Waals surface area contributed by atoms with Crippen molar-refractivity contribution in [2.24, 2.45) is 0 Å². The fraction of sp³-hybridized carbons (Fsp3) is 1.00. The Hall–Kier alpha value is 0.600. The van der Waals surface area contributed by atoms with E-state index in [1.165, 1.54) is 25.7 Å². The molecule has 72 valence electrons. The number of thioether (sulfide) groups is 1. The van der Waals surface area contributed by atoms with Crippen molar-refractivity contribution in [2.75, 3.05) is 24.8 Å². The molecule has 1 fully saturated rings. The molecule has 0 heterocycles. The molecule has 1 nitrogen and oxygen atoms in total. The number of hydrogen-bond acceptors (Lipinski definition) is 2. The van der Waals surface area contributed by atoms with Gasteiger partial charge in [-0.1, -0.05) is 12.8 Å². The van der Waals surface area contributed by atoms with Crippen LogP contribution >= 0.6 is 23.4 Å². The summed E-state index contributed by atoms with van der Waals surface area (Å²) >= 11 is 7.54. The molecule has 0 amide bonds. The molecule has 1 rings (SSSR count). The molecular weight excluding hydrogens is 192 g/mol. The minimum absolute atomic E-state index is 0.619. The third-order valence-electron chi connectivity index (χ3n) is 2.10. The van der Waals surface area contributed by atoms with Gasteiger partial charge in [-0.25, -0.2) is 0 Å². The second kappa shape index (κ2) is 7.05. The Morgan fingerprint density at radius 2 is 2.00 bits per heavy atom. The van der Waals surface area contributed by atoms with E-state index in [-0.39, 0.29) is 0 Å². The lowest BCUT2D eigenvalue weighted by Gasteiger charge is -2.07. The van der Waals surface area contributed by atoms with Crippen molar-refractivity contribution in [3.8, 4) is 0 Å². The molecule has 0 spiro atoms. The zero-order chi connectivity index (χ0) is 8.65. The first-order valence-electron chi connectivity index (χ1n) is 4.69. The van der Waals surface area contributed by atoms with Gasteiger partial charge >= 0.3 is 0 Å². The summed E-state index contributed by atoms with van der Waals surface area (Å²) in [6.07, 6.45) is 5.70. The van der Waals surface area contributed by atoms with E-state index < -0.39 is 0 Å². The molecule has 0 unspecified atom stereocenters. The molecule has 0 saturated heterocycles. The van der Waals surface area contributed by atoms with Crippen LogP contribution in [0.15, 0.2) is 0 Å². The Kier molecular flexibility index (Phi) is 6.27. The predicted molar refractivity (Wildman–Crippen MR) is 56.3 cm³/mol. The van der Waals surface area contributed by atoms with Gasteiger partial charge in [0.25, 0.3) is 0 Å². The maximum absolute atomic E-state index is 5.48. The number of alkyl halides is 1. The van der Waals surface area contributed by atoms with Gasteiger partial charge < -0.3 is 4.74 Å². The van der Waals surface area contributed by atoms with Crippen LogP contribution in [0.3, 0.4) is 0 Å². The molecule has 1 aliphatic carbocycles. The van der Waals surface area contributed by atoms with Crippen molar-refractivity contribution in [1.82, 2.24) is 0 Å². The van der Waals surface area contributed by atoms with Crippen LogP contribution in [0.5, 0.6) is 0 Å².